The molecule has 1 rings (SSSR count). The van der Waals surface area contributed by atoms with E-state index in [0.29, 0.717) is 0 Å². The Labute approximate surface area is 90.3 Å². The minimum atomic E-state index is -0.573. The van der Waals surface area contributed by atoms with Crippen molar-refractivity contribution in [3.8, 4) is 5.75 Å². The number of ether oxygens (including phenoxy) is 1. The molecule has 0 bridgehead atoms. The van der Waals surface area contributed by atoms with Gasteiger partial charge in [-0.2, -0.15) is 0 Å². The Morgan fingerprint density at radius 1 is 1.36 bits per heavy atom. The van der Waals surface area contributed by atoms with Crippen molar-refractivity contribution in [3.05, 3.63) is 29.8 Å². The van der Waals surface area contributed by atoms with Crippen LogP contribution in [0.4, 0.5) is 0 Å². The zero-order valence-corrected chi connectivity index (χ0v) is 9.12. The van der Waals surface area contributed by atoms with Gasteiger partial charge in [-0.1, -0.05) is 18.2 Å². The highest BCUT2D eigenvalue weighted by Gasteiger charge is 2.15. The lowest BCUT2D eigenvalue weighted by Gasteiger charge is -2.17. The summed E-state index contributed by atoms with van der Waals surface area (Å²) >= 11 is 0. The molecule has 80 valence electrons. The Balaban J connectivity index is 0.00000169. The van der Waals surface area contributed by atoms with Crippen molar-refractivity contribution >= 4 is 12.4 Å². The summed E-state index contributed by atoms with van der Waals surface area (Å²) in [6.45, 7) is 1.66. The van der Waals surface area contributed by atoms with Crippen LogP contribution >= 0.6 is 12.4 Å². The third-order valence-corrected chi connectivity index (χ3v) is 2.02. The Hall–Kier alpha value is -0.770. The lowest BCUT2D eigenvalue weighted by atomic mass is 10.0. The Kier molecular flexibility index (Phi) is 5.53. The smallest absolute Gasteiger partial charge is 0.123 e. The first-order valence-corrected chi connectivity index (χ1v) is 4.23. The van der Waals surface area contributed by atoms with Crippen LogP contribution in [0.5, 0.6) is 5.75 Å². The molecule has 2 atom stereocenters. The normalized spacial score (nSPS) is 14.0. The van der Waals surface area contributed by atoms with Gasteiger partial charge in [0.25, 0.3) is 0 Å². The second kappa shape index (κ2) is 5.86. The molecule has 0 saturated carbocycles. The number of hydrogen-bond acceptors (Lipinski definition) is 3. The lowest BCUT2D eigenvalue weighted by molar-refractivity contribution is 0.162. The number of aliphatic hydroxyl groups excluding tert-OH is 1. The molecule has 0 unspecified atom stereocenters. The molecule has 0 fully saturated rings. The first-order valence-electron chi connectivity index (χ1n) is 4.23. The van der Waals surface area contributed by atoms with Crippen LogP contribution in [0, 0.1) is 0 Å². The summed E-state index contributed by atoms with van der Waals surface area (Å²) < 4.78 is 5.13. The van der Waals surface area contributed by atoms with E-state index in [4.69, 9.17) is 10.5 Å². The average molecular weight is 218 g/mol. The second-order valence-corrected chi connectivity index (χ2v) is 3.01. The summed E-state index contributed by atoms with van der Waals surface area (Å²) in [4.78, 5) is 0. The van der Waals surface area contributed by atoms with Crippen LogP contribution in [0.15, 0.2) is 24.3 Å². The number of halogens is 1. The molecule has 14 heavy (non-hydrogen) atoms. The van der Waals surface area contributed by atoms with Gasteiger partial charge in [-0.25, -0.2) is 0 Å². The fraction of sp³-hybridized carbons (Fsp3) is 0.400. The van der Waals surface area contributed by atoms with E-state index in [1.54, 1.807) is 14.0 Å². The first kappa shape index (κ1) is 13.2. The highest BCUT2D eigenvalue weighted by atomic mass is 35.5. The van der Waals surface area contributed by atoms with E-state index >= 15 is 0 Å². The number of nitrogens with two attached hydrogens (primary N) is 1. The molecule has 4 heteroatoms. The molecule has 0 aliphatic heterocycles. The minimum Gasteiger partial charge on any atom is -0.496 e. The molecular weight excluding hydrogens is 202 g/mol. The highest BCUT2D eigenvalue weighted by molar-refractivity contribution is 5.85. The largest absolute Gasteiger partial charge is 0.496 e. The maximum atomic E-state index is 9.31. The van der Waals surface area contributed by atoms with Gasteiger partial charge < -0.3 is 15.6 Å². The average Bonchev–Trinajstić information content (AvgIpc) is 2.16. The van der Waals surface area contributed by atoms with Crippen LogP contribution in [0.1, 0.15) is 18.5 Å². The molecule has 0 aliphatic rings. The fourth-order valence-electron chi connectivity index (χ4n) is 1.20. The van der Waals surface area contributed by atoms with Crippen LogP contribution in [-0.2, 0) is 0 Å². The van der Waals surface area contributed by atoms with Gasteiger partial charge in [-0.15, -0.1) is 12.4 Å². The van der Waals surface area contributed by atoms with E-state index in [-0.39, 0.29) is 12.4 Å². The van der Waals surface area contributed by atoms with Gasteiger partial charge in [0.05, 0.1) is 19.3 Å². The predicted molar refractivity (Wildman–Crippen MR) is 58.9 cm³/mol. The van der Waals surface area contributed by atoms with Crippen LogP contribution in [0.2, 0.25) is 0 Å². The van der Waals surface area contributed by atoms with Crippen LogP contribution in [0.3, 0.4) is 0 Å². The van der Waals surface area contributed by atoms with Crippen molar-refractivity contribution in [2.24, 2.45) is 5.73 Å². The van der Waals surface area contributed by atoms with Gasteiger partial charge in [-0.05, 0) is 13.0 Å². The van der Waals surface area contributed by atoms with Crippen molar-refractivity contribution in [2.45, 2.75) is 19.1 Å². The first-order chi connectivity index (χ1) is 6.16. The van der Waals surface area contributed by atoms with Gasteiger partial charge in [0.1, 0.15) is 5.75 Å². The third kappa shape index (κ3) is 2.87. The Morgan fingerprint density at radius 3 is 2.43 bits per heavy atom. The SMILES string of the molecule is COc1ccccc1[C@@H](N)[C@H](C)O.Cl. The van der Waals surface area contributed by atoms with Crippen LogP contribution < -0.4 is 10.5 Å². The Morgan fingerprint density at radius 2 is 1.93 bits per heavy atom. The molecule has 0 heterocycles. The standard InChI is InChI=1S/C10H15NO2.ClH/c1-7(12)10(11)8-5-3-4-6-9(8)13-2;/h3-7,10,12H,11H2,1-2H3;1H/t7-,10-;/m0./s1. The van der Waals surface area contributed by atoms with Crippen molar-refractivity contribution in [1.29, 1.82) is 0 Å². The molecular formula is C10H16ClNO2. The topological polar surface area (TPSA) is 55.5 Å². The second-order valence-electron chi connectivity index (χ2n) is 3.01. The number of hydrogen-bond donors (Lipinski definition) is 2. The monoisotopic (exact) mass is 217 g/mol. The summed E-state index contributed by atoms with van der Waals surface area (Å²) in [6.07, 6.45) is -0.573. The van der Waals surface area contributed by atoms with Gasteiger partial charge >= 0.3 is 0 Å². The number of aliphatic hydroxyl groups is 1. The maximum absolute atomic E-state index is 9.31. The Bertz CT molecular complexity index is 279. The van der Waals surface area contributed by atoms with Crippen LogP contribution in [-0.4, -0.2) is 18.3 Å². The number of methoxy groups -OCH3 is 1. The molecule has 1 aromatic carbocycles. The van der Waals surface area contributed by atoms with Gasteiger partial charge in [0.15, 0.2) is 0 Å². The molecule has 0 amide bonds. The summed E-state index contributed by atoms with van der Waals surface area (Å²) in [5.41, 5.74) is 6.62. The van der Waals surface area contributed by atoms with Gasteiger partial charge in [0.2, 0.25) is 0 Å². The fourth-order valence-corrected chi connectivity index (χ4v) is 1.20. The van der Waals surface area contributed by atoms with E-state index in [1.807, 2.05) is 24.3 Å². The molecule has 0 aliphatic carbocycles. The van der Waals surface area contributed by atoms with E-state index < -0.39 is 12.1 Å². The summed E-state index contributed by atoms with van der Waals surface area (Å²) in [7, 11) is 1.59. The van der Waals surface area contributed by atoms with Crippen molar-refractivity contribution in [1.82, 2.24) is 0 Å². The number of rotatable bonds is 3. The van der Waals surface area contributed by atoms with E-state index in [1.165, 1.54) is 0 Å². The maximum Gasteiger partial charge on any atom is 0.123 e. The summed E-state index contributed by atoms with van der Waals surface area (Å²) in [5.74, 6) is 0.718. The third-order valence-electron chi connectivity index (χ3n) is 2.02. The van der Waals surface area contributed by atoms with Crippen molar-refractivity contribution in [2.75, 3.05) is 7.11 Å². The molecule has 3 N–H and O–H groups in total. The molecule has 1 aromatic rings. The molecule has 0 aromatic heterocycles. The van der Waals surface area contributed by atoms with E-state index in [9.17, 15) is 5.11 Å². The summed E-state index contributed by atoms with van der Waals surface area (Å²) in [6, 6.07) is 7.04. The molecule has 0 radical (unpaired) electrons. The highest BCUT2D eigenvalue weighted by Crippen LogP contribution is 2.24. The quantitative estimate of drug-likeness (QED) is 0.807. The van der Waals surface area contributed by atoms with Crippen molar-refractivity contribution in [3.63, 3.8) is 0 Å². The van der Waals surface area contributed by atoms with E-state index in [0.717, 1.165) is 11.3 Å². The molecule has 0 saturated heterocycles. The van der Waals surface area contributed by atoms with Gasteiger partial charge in [0, 0.05) is 5.56 Å². The summed E-state index contributed by atoms with van der Waals surface area (Å²) in [5, 5.41) is 9.31. The molecule has 0 spiro atoms. The zero-order chi connectivity index (χ0) is 9.84. The lowest BCUT2D eigenvalue weighted by Crippen LogP contribution is -2.23. The van der Waals surface area contributed by atoms with Gasteiger partial charge in [-0.3, -0.25) is 0 Å². The molecule has 3 nitrogen and oxygen atoms in total. The number of benzene rings is 1. The number of para-hydroxylation sites is 1. The minimum absolute atomic E-state index is 0. The zero-order valence-electron chi connectivity index (χ0n) is 8.31. The van der Waals surface area contributed by atoms with Crippen molar-refractivity contribution < 1.29 is 9.84 Å². The van der Waals surface area contributed by atoms with Crippen LogP contribution in [0.25, 0.3) is 0 Å². The predicted octanol–water partition coefficient (Wildman–Crippen LogP) is 1.50. The van der Waals surface area contributed by atoms with E-state index in [2.05, 4.69) is 0 Å².